The van der Waals surface area contributed by atoms with Crippen molar-refractivity contribution in [1.82, 2.24) is 9.88 Å². The Kier molecular flexibility index (Phi) is 7.67. The summed E-state index contributed by atoms with van der Waals surface area (Å²) in [4.78, 5) is 5.54. The third-order valence-electron chi connectivity index (χ3n) is 1.85. The molecule has 0 atom stereocenters. The average molecular weight is 274 g/mol. The Labute approximate surface area is 139 Å². The van der Waals surface area contributed by atoms with Crippen LogP contribution in [-0.4, -0.2) is 30.5 Å². The van der Waals surface area contributed by atoms with Gasteiger partial charge in [0, 0.05) is 11.9 Å². The third kappa shape index (κ3) is 5.95. The zero-order valence-electron chi connectivity index (χ0n) is 9.29. The molecule has 0 bridgehead atoms. The van der Waals surface area contributed by atoms with Crippen molar-refractivity contribution in [1.29, 1.82) is 0 Å². The predicted molar refractivity (Wildman–Crippen MR) is 56.7 cm³/mol. The summed E-state index contributed by atoms with van der Waals surface area (Å²) in [6.07, 6.45) is 0. The summed E-state index contributed by atoms with van der Waals surface area (Å²) in [5.41, 5.74) is 1.77. The first-order valence-electron chi connectivity index (χ1n) is 4.33. The molecule has 16 heavy (non-hydrogen) atoms. The molecule has 0 fully saturated rings. The van der Waals surface area contributed by atoms with Crippen molar-refractivity contribution in [2.45, 2.75) is 6.54 Å². The minimum absolute atomic E-state index is 0. The van der Waals surface area contributed by atoms with Crippen molar-refractivity contribution in [3.8, 4) is 0 Å². The molecule has 0 aliphatic heterocycles. The smallest absolute Gasteiger partial charge is 0.445 e. The maximum absolute atomic E-state index is 12.2. The van der Waals surface area contributed by atoms with Crippen LogP contribution in [0.15, 0.2) is 22.9 Å². The second-order valence-corrected chi connectivity index (χ2v) is 4.10. The van der Waals surface area contributed by atoms with Gasteiger partial charge in [0.1, 0.15) is 0 Å². The topological polar surface area (TPSA) is 16.1 Å². The van der Waals surface area contributed by atoms with Gasteiger partial charge in [-0.15, -0.1) is 23.4 Å². The van der Waals surface area contributed by atoms with Gasteiger partial charge in [0.15, 0.2) is 0 Å². The molecular formula is C8H11BF3KN2S. The Morgan fingerprint density at radius 1 is 1.56 bits per heavy atom. The van der Waals surface area contributed by atoms with Crippen LogP contribution in [0.1, 0.15) is 5.69 Å². The van der Waals surface area contributed by atoms with Gasteiger partial charge in [-0.25, -0.2) is 4.98 Å². The molecule has 2 nitrogen and oxygen atoms in total. The maximum atomic E-state index is 12.2. The summed E-state index contributed by atoms with van der Waals surface area (Å²) in [6.45, 7) is -1.64. The van der Waals surface area contributed by atoms with Crippen LogP contribution in [0.5, 0.6) is 0 Å². The number of rotatable bonds is 5. The second kappa shape index (κ2) is 7.30. The van der Waals surface area contributed by atoms with E-state index in [9.17, 15) is 12.9 Å². The molecule has 0 unspecified atom stereocenters. The monoisotopic (exact) mass is 274 g/mol. The predicted octanol–water partition coefficient (Wildman–Crippen LogP) is -0.478. The molecule has 1 heterocycles. The molecule has 1 aromatic rings. The van der Waals surface area contributed by atoms with Crippen LogP contribution in [0.25, 0.3) is 0 Å². The molecule has 0 radical (unpaired) electrons. The Morgan fingerprint density at radius 2 is 2.19 bits per heavy atom. The van der Waals surface area contributed by atoms with Crippen LogP contribution in [0.2, 0.25) is 0 Å². The quantitative estimate of drug-likeness (QED) is 0.674. The summed E-state index contributed by atoms with van der Waals surface area (Å²) in [6, 6.07) is 0. The first-order chi connectivity index (χ1) is 6.89. The molecule has 0 N–H and O–H groups in total. The van der Waals surface area contributed by atoms with Crippen molar-refractivity contribution in [2.24, 2.45) is 0 Å². The minimum Gasteiger partial charge on any atom is -0.445 e. The van der Waals surface area contributed by atoms with Gasteiger partial charge in [0.2, 0.25) is 0 Å². The van der Waals surface area contributed by atoms with Crippen LogP contribution >= 0.6 is 11.3 Å². The van der Waals surface area contributed by atoms with Gasteiger partial charge >= 0.3 is 58.4 Å². The fourth-order valence-electron chi connectivity index (χ4n) is 1.10. The van der Waals surface area contributed by atoms with Gasteiger partial charge in [0.05, 0.1) is 11.2 Å². The van der Waals surface area contributed by atoms with E-state index < -0.39 is 12.4 Å². The molecule has 0 saturated heterocycles. The van der Waals surface area contributed by atoms with Crippen molar-refractivity contribution >= 4 is 18.3 Å². The Hall–Kier alpha value is 0.821. The van der Waals surface area contributed by atoms with Crippen molar-refractivity contribution in [2.75, 3.05) is 13.6 Å². The van der Waals surface area contributed by atoms with Gasteiger partial charge in [-0.05, 0) is 13.6 Å². The number of thiazole rings is 1. The summed E-state index contributed by atoms with van der Waals surface area (Å²) in [7, 11) is 1.62. The number of halogens is 3. The van der Waals surface area contributed by atoms with Gasteiger partial charge in [-0.1, -0.05) is 0 Å². The molecular weight excluding hydrogens is 263 g/mol. The number of likely N-dealkylation sites (N-methyl/N-ethyl adjacent to an activating group) is 1. The zero-order chi connectivity index (χ0) is 11.5. The SMILES string of the molecule is C=C(CN(C)Cc1cscn1)[B-](F)(F)F.[K+]. The van der Waals surface area contributed by atoms with Crippen LogP contribution in [0.3, 0.4) is 0 Å². The van der Waals surface area contributed by atoms with E-state index in [1.807, 2.05) is 5.38 Å². The van der Waals surface area contributed by atoms with Gasteiger partial charge in [-0.2, -0.15) is 0 Å². The summed E-state index contributed by atoms with van der Waals surface area (Å²) in [5.74, 6) is 0. The molecule has 1 rings (SSSR count). The van der Waals surface area contributed by atoms with E-state index in [0.717, 1.165) is 5.69 Å². The molecule has 0 spiro atoms. The number of nitrogens with zero attached hydrogens (tertiary/aromatic N) is 2. The fraction of sp³-hybridized carbons (Fsp3) is 0.375. The largest absolute Gasteiger partial charge is 1.00 e. The first-order valence-corrected chi connectivity index (χ1v) is 5.27. The van der Waals surface area contributed by atoms with Gasteiger partial charge in [0.25, 0.3) is 0 Å². The van der Waals surface area contributed by atoms with E-state index in [1.165, 1.54) is 11.3 Å². The van der Waals surface area contributed by atoms with Crippen LogP contribution in [-0.2, 0) is 6.54 Å². The Bertz CT molecular complexity index is 329. The Balaban J connectivity index is 0.00000225. The van der Waals surface area contributed by atoms with E-state index in [4.69, 9.17) is 0 Å². The number of hydrogen-bond acceptors (Lipinski definition) is 3. The van der Waals surface area contributed by atoms with Crippen LogP contribution < -0.4 is 51.4 Å². The van der Waals surface area contributed by atoms with Gasteiger partial charge in [-0.3, -0.25) is 4.90 Å². The van der Waals surface area contributed by atoms with E-state index >= 15 is 0 Å². The normalized spacial score (nSPS) is 11.3. The van der Waals surface area contributed by atoms with E-state index in [-0.39, 0.29) is 57.9 Å². The third-order valence-corrected chi connectivity index (χ3v) is 2.49. The Morgan fingerprint density at radius 3 is 2.62 bits per heavy atom. The standard InChI is InChI=1S/C8H11BF3N2S.K/c1-7(9(10,11)12)3-14(2)4-8-5-15-6-13-8;/h5-6H,1,3-4H2,2H3;/q-1;+1. The molecule has 1 aromatic heterocycles. The molecule has 0 aliphatic rings. The second-order valence-electron chi connectivity index (χ2n) is 3.39. The molecule has 84 valence electrons. The van der Waals surface area contributed by atoms with Crippen LogP contribution in [0, 0.1) is 0 Å². The molecule has 0 aliphatic carbocycles. The summed E-state index contributed by atoms with van der Waals surface area (Å²) in [5, 5.41) is 1.82. The fourth-order valence-corrected chi connectivity index (χ4v) is 1.65. The molecule has 8 heteroatoms. The minimum atomic E-state index is -4.93. The maximum Gasteiger partial charge on any atom is 1.00 e. The van der Waals surface area contributed by atoms with Crippen LogP contribution in [0.4, 0.5) is 12.9 Å². The van der Waals surface area contributed by atoms with Gasteiger partial charge < -0.3 is 12.9 Å². The van der Waals surface area contributed by atoms with Crippen molar-refractivity contribution < 1.29 is 64.3 Å². The van der Waals surface area contributed by atoms with Crippen molar-refractivity contribution in [3.63, 3.8) is 0 Å². The van der Waals surface area contributed by atoms with E-state index in [1.54, 1.807) is 17.5 Å². The number of hydrogen-bond donors (Lipinski definition) is 0. The van der Waals surface area contributed by atoms with E-state index in [0.29, 0.717) is 6.54 Å². The van der Waals surface area contributed by atoms with Crippen molar-refractivity contribution in [3.05, 3.63) is 28.6 Å². The molecule has 0 saturated carbocycles. The average Bonchev–Trinajstić information content (AvgIpc) is 2.54. The number of aromatic nitrogens is 1. The first kappa shape index (κ1) is 16.8. The summed E-state index contributed by atoms with van der Waals surface area (Å²) >= 11 is 1.43. The summed E-state index contributed by atoms with van der Waals surface area (Å²) < 4.78 is 36.6. The van der Waals surface area contributed by atoms with E-state index in [2.05, 4.69) is 11.6 Å². The molecule has 0 aromatic carbocycles. The molecule has 0 amide bonds. The zero-order valence-corrected chi connectivity index (χ0v) is 13.2.